The van der Waals surface area contributed by atoms with E-state index < -0.39 is 11.6 Å². The number of benzene rings is 1. The number of aliphatic imine (C=N–C) groups is 1. The summed E-state index contributed by atoms with van der Waals surface area (Å²) in [6.07, 6.45) is 1.91. The van der Waals surface area contributed by atoms with Crippen molar-refractivity contribution in [3.63, 3.8) is 0 Å². The Morgan fingerprint density at radius 2 is 2.45 bits per heavy atom. The predicted molar refractivity (Wildman–Crippen MR) is 85.3 cm³/mol. The van der Waals surface area contributed by atoms with Gasteiger partial charge in [0.15, 0.2) is 5.17 Å². The van der Waals surface area contributed by atoms with Crippen molar-refractivity contribution in [1.82, 2.24) is 5.32 Å². The summed E-state index contributed by atoms with van der Waals surface area (Å²) in [5.74, 6) is 1.21. The smallest absolute Gasteiger partial charge is 0.410 e. The highest BCUT2D eigenvalue weighted by atomic mass is 32.2. The summed E-state index contributed by atoms with van der Waals surface area (Å²) in [4.78, 5) is 18.4. The van der Waals surface area contributed by atoms with Crippen LogP contribution in [0.1, 0.15) is 24.8 Å². The van der Waals surface area contributed by atoms with Crippen LogP contribution in [-0.4, -0.2) is 22.1 Å². The highest BCUT2D eigenvalue weighted by Crippen LogP contribution is 2.51. The molecule has 2 atom stereocenters. The van der Waals surface area contributed by atoms with Crippen LogP contribution in [0.15, 0.2) is 34.4 Å². The fraction of sp³-hybridized carbons (Fsp3) is 0.429. The van der Waals surface area contributed by atoms with Gasteiger partial charge in [0, 0.05) is 16.4 Å². The van der Waals surface area contributed by atoms with Gasteiger partial charge in [0.1, 0.15) is 0 Å². The lowest BCUT2D eigenvalue weighted by Gasteiger charge is -2.36. The molecule has 2 N–H and O–H groups in total. The number of hydrogen-bond donors (Lipinski definition) is 2. The van der Waals surface area contributed by atoms with Gasteiger partial charge in [-0.25, -0.2) is 4.79 Å². The number of thioether (sulfide) groups is 1. The maximum atomic E-state index is 10.9. The molecule has 0 spiro atoms. The molecule has 8 heteroatoms. The first-order valence-electron chi connectivity index (χ1n) is 7.02. The first kappa shape index (κ1) is 14.7. The third-order valence-electron chi connectivity index (χ3n) is 4.23. The van der Waals surface area contributed by atoms with Crippen LogP contribution >= 0.6 is 11.8 Å². The number of nitrogens with one attached hydrogen (secondary N) is 1. The highest BCUT2D eigenvalue weighted by molar-refractivity contribution is 8.13. The van der Waals surface area contributed by atoms with Crippen molar-refractivity contribution >= 4 is 28.7 Å². The Bertz CT molecular complexity index is 686. The minimum absolute atomic E-state index is 0.373. The molecule has 0 bridgehead atoms. The molecule has 7 nitrogen and oxygen atoms in total. The minimum atomic E-state index is -1.10. The standard InChI is InChI=1S/C14H15N5O2S/c15-19-18-11-5-1-3-9(7-11)14-6-2-4-10(14)8-22-12(17-14)16-13(20)21/h1,3,5,7,10H,2,4,6,8H2,(H,16,17)(H,20,21)/t10?,14-/m1/s1. The van der Waals surface area contributed by atoms with Gasteiger partial charge < -0.3 is 5.11 Å². The van der Waals surface area contributed by atoms with Gasteiger partial charge in [-0.15, -0.1) is 0 Å². The van der Waals surface area contributed by atoms with E-state index in [1.54, 1.807) is 6.07 Å². The molecule has 0 radical (unpaired) electrons. The van der Waals surface area contributed by atoms with E-state index in [4.69, 9.17) is 15.6 Å². The SMILES string of the molecule is [N-]=[N+]=Nc1cccc([C@]23CCCC2CSC(NC(=O)O)=N3)c1. The van der Waals surface area contributed by atoms with Gasteiger partial charge in [0.05, 0.1) is 5.54 Å². The van der Waals surface area contributed by atoms with E-state index in [-0.39, 0.29) is 0 Å². The summed E-state index contributed by atoms with van der Waals surface area (Å²) in [5, 5.41) is 15.4. The fourth-order valence-electron chi connectivity index (χ4n) is 3.31. The Hall–Kier alpha value is -2.18. The Morgan fingerprint density at radius 1 is 1.59 bits per heavy atom. The van der Waals surface area contributed by atoms with Crippen molar-refractivity contribution in [2.45, 2.75) is 24.8 Å². The second kappa shape index (κ2) is 5.90. The molecular formula is C14H15N5O2S. The van der Waals surface area contributed by atoms with Crippen LogP contribution in [0, 0.1) is 5.92 Å². The lowest BCUT2D eigenvalue weighted by molar-refractivity contribution is 0.200. The van der Waals surface area contributed by atoms with Crippen molar-refractivity contribution in [2.24, 2.45) is 16.0 Å². The largest absolute Gasteiger partial charge is 0.465 e. The number of amidine groups is 1. The molecule has 1 aromatic rings. The van der Waals surface area contributed by atoms with Crippen LogP contribution in [0.3, 0.4) is 0 Å². The second-order valence-electron chi connectivity index (χ2n) is 5.41. The maximum Gasteiger partial charge on any atom is 0.410 e. The van der Waals surface area contributed by atoms with Crippen molar-refractivity contribution in [3.8, 4) is 0 Å². The number of carbonyl (C=O) groups is 1. The lowest BCUT2D eigenvalue weighted by atomic mass is 9.81. The highest BCUT2D eigenvalue weighted by Gasteiger charge is 2.47. The Balaban J connectivity index is 2.05. The number of hydrogen-bond acceptors (Lipinski definition) is 4. The zero-order valence-corrected chi connectivity index (χ0v) is 12.6. The fourth-order valence-corrected chi connectivity index (χ4v) is 4.50. The van der Waals surface area contributed by atoms with Crippen LogP contribution in [0.2, 0.25) is 0 Å². The molecule has 114 valence electrons. The van der Waals surface area contributed by atoms with Gasteiger partial charge in [0.25, 0.3) is 0 Å². The normalized spacial score (nSPS) is 26.5. The summed E-state index contributed by atoms with van der Waals surface area (Å²) in [7, 11) is 0. The van der Waals surface area contributed by atoms with E-state index in [9.17, 15) is 4.79 Å². The van der Waals surface area contributed by atoms with Crippen LogP contribution in [0.25, 0.3) is 10.4 Å². The van der Waals surface area contributed by atoms with E-state index >= 15 is 0 Å². The van der Waals surface area contributed by atoms with Crippen molar-refractivity contribution in [3.05, 3.63) is 40.3 Å². The van der Waals surface area contributed by atoms with E-state index in [1.165, 1.54) is 11.8 Å². The molecule has 1 fully saturated rings. The molecule has 3 rings (SSSR count). The first-order valence-corrected chi connectivity index (χ1v) is 8.01. The van der Waals surface area contributed by atoms with Gasteiger partial charge in [0.2, 0.25) is 0 Å². The molecule has 1 aliphatic heterocycles. The molecule has 2 aliphatic rings. The summed E-state index contributed by atoms with van der Waals surface area (Å²) in [5.41, 5.74) is 9.73. The van der Waals surface area contributed by atoms with Gasteiger partial charge in [-0.1, -0.05) is 41.5 Å². The monoisotopic (exact) mass is 317 g/mol. The molecule has 1 aliphatic carbocycles. The molecule has 1 amide bonds. The molecule has 1 saturated carbocycles. The number of azide groups is 1. The summed E-state index contributed by atoms with van der Waals surface area (Å²) in [6, 6.07) is 7.44. The maximum absolute atomic E-state index is 10.9. The zero-order chi connectivity index (χ0) is 15.6. The van der Waals surface area contributed by atoms with Crippen LogP contribution in [0.4, 0.5) is 10.5 Å². The van der Waals surface area contributed by atoms with Crippen LogP contribution in [-0.2, 0) is 5.54 Å². The van der Waals surface area contributed by atoms with E-state index in [1.807, 2.05) is 18.2 Å². The number of nitrogens with zero attached hydrogens (tertiary/aromatic N) is 4. The average molecular weight is 317 g/mol. The summed E-state index contributed by atoms with van der Waals surface area (Å²) < 4.78 is 0. The minimum Gasteiger partial charge on any atom is -0.465 e. The molecule has 1 aromatic carbocycles. The van der Waals surface area contributed by atoms with Gasteiger partial charge in [-0.3, -0.25) is 10.3 Å². The first-order chi connectivity index (χ1) is 10.6. The van der Waals surface area contributed by atoms with Crippen molar-refractivity contribution < 1.29 is 9.90 Å². The molecule has 22 heavy (non-hydrogen) atoms. The van der Waals surface area contributed by atoms with Gasteiger partial charge >= 0.3 is 6.09 Å². The average Bonchev–Trinajstić information content (AvgIpc) is 2.91. The molecule has 0 saturated heterocycles. The number of carboxylic acid groups (broad SMARTS) is 1. The van der Waals surface area contributed by atoms with E-state index in [2.05, 4.69) is 15.3 Å². The Kier molecular flexibility index (Phi) is 3.96. The third-order valence-corrected chi connectivity index (χ3v) is 5.26. The summed E-state index contributed by atoms with van der Waals surface area (Å²) >= 11 is 1.45. The van der Waals surface area contributed by atoms with E-state index in [0.29, 0.717) is 16.8 Å². The predicted octanol–water partition coefficient (Wildman–Crippen LogP) is 3.99. The topological polar surface area (TPSA) is 110 Å². The van der Waals surface area contributed by atoms with E-state index in [0.717, 1.165) is 30.6 Å². The second-order valence-corrected chi connectivity index (χ2v) is 6.42. The van der Waals surface area contributed by atoms with Gasteiger partial charge in [-0.2, -0.15) is 0 Å². The van der Waals surface area contributed by atoms with Crippen LogP contribution < -0.4 is 5.32 Å². The molecule has 1 heterocycles. The quantitative estimate of drug-likeness (QED) is 0.488. The summed E-state index contributed by atoms with van der Waals surface area (Å²) in [6.45, 7) is 0. The van der Waals surface area contributed by atoms with Crippen LogP contribution in [0.5, 0.6) is 0 Å². The number of rotatable bonds is 2. The zero-order valence-electron chi connectivity index (χ0n) is 11.8. The Morgan fingerprint density at radius 3 is 3.23 bits per heavy atom. The van der Waals surface area contributed by atoms with Crippen molar-refractivity contribution in [1.29, 1.82) is 0 Å². The number of amides is 1. The van der Waals surface area contributed by atoms with Gasteiger partial charge in [-0.05, 0) is 35.9 Å². The Labute approximate surface area is 131 Å². The number of fused-ring (bicyclic) bond motifs is 1. The third kappa shape index (κ3) is 2.63. The molecule has 1 unspecified atom stereocenters. The lowest BCUT2D eigenvalue weighted by Crippen LogP contribution is -2.39. The van der Waals surface area contributed by atoms with Crippen molar-refractivity contribution in [2.75, 3.05) is 5.75 Å². The molecular weight excluding hydrogens is 302 g/mol. The molecule has 0 aromatic heterocycles.